The zero-order valence-corrected chi connectivity index (χ0v) is 15.7. The standard InChI is InChI=1S/C23H20F3NO2/c1-29-20-12-10-18(11-13-20)22(17-7-3-2-4-8-17)27-21(28)15-16-6-5-9-19(14-16)23(24,25)26/h2-14,22H,15H2,1H3,(H,27,28)/t22-/m0/s1. The number of halogens is 3. The predicted molar refractivity (Wildman–Crippen MR) is 105 cm³/mol. The summed E-state index contributed by atoms with van der Waals surface area (Å²) in [6, 6.07) is 21.1. The SMILES string of the molecule is COc1ccc([C@@H](NC(=O)Cc2cccc(C(F)(F)F)c2)c2ccccc2)cc1. The molecule has 0 bridgehead atoms. The molecule has 0 fully saturated rings. The zero-order chi connectivity index (χ0) is 20.9. The first-order chi connectivity index (χ1) is 13.9. The summed E-state index contributed by atoms with van der Waals surface area (Å²) in [5.74, 6) is 0.324. The van der Waals surface area contributed by atoms with Gasteiger partial charge in [0.25, 0.3) is 0 Å². The first-order valence-corrected chi connectivity index (χ1v) is 9.01. The first kappa shape index (κ1) is 20.5. The lowest BCUT2D eigenvalue weighted by Gasteiger charge is -2.20. The van der Waals surface area contributed by atoms with Crippen LogP contribution in [0.25, 0.3) is 0 Å². The van der Waals surface area contributed by atoms with Crippen LogP contribution < -0.4 is 10.1 Å². The van der Waals surface area contributed by atoms with Crippen molar-refractivity contribution < 1.29 is 22.7 Å². The summed E-state index contributed by atoms with van der Waals surface area (Å²) in [7, 11) is 1.57. The fourth-order valence-corrected chi connectivity index (χ4v) is 3.06. The van der Waals surface area contributed by atoms with Crippen molar-refractivity contribution in [1.29, 1.82) is 0 Å². The Morgan fingerprint density at radius 2 is 1.59 bits per heavy atom. The lowest BCUT2D eigenvalue weighted by atomic mass is 9.98. The summed E-state index contributed by atoms with van der Waals surface area (Å²) in [5.41, 5.74) is 1.25. The minimum Gasteiger partial charge on any atom is -0.497 e. The molecule has 1 amide bonds. The molecule has 0 saturated heterocycles. The molecule has 29 heavy (non-hydrogen) atoms. The van der Waals surface area contributed by atoms with E-state index in [9.17, 15) is 18.0 Å². The predicted octanol–water partition coefficient (Wildman–Crippen LogP) is 5.16. The molecule has 0 aliphatic heterocycles. The van der Waals surface area contributed by atoms with Gasteiger partial charge in [-0.3, -0.25) is 4.79 Å². The van der Waals surface area contributed by atoms with Gasteiger partial charge in [-0.2, -0.15) is 13.2 Å². The Morgan fingerprint density at radius 1 is 0.931 bits per heavy atom. The van der Waals surface area contributed by atoms with E-state index >= 15 is 0 Å². The number of rotatable bonds is 6. The smallest absolute Gasteiger partial charge is 0.416 e. The van der Waals surface area contributed by atoms with E-state index in [1.165, 1.54) is 12.1 Å². The van der Waals surface area contributed by atoms with Gasteiger partial charge in [0.05, 0.1) is 25.1 Å². The lowest BCUT2D eigenvalue weighted by molar-refractivity contribution is -0.137. The number of hydrogen-bond donors (Lipinski definition) is 1. The van der Waals surface area contributed by atoms with E-state index in [0.29, 0.717) is 11.3 Å². The third-order valence-corrected chi connectivity index (χ3v) is 4.51. The maximum atomic E-state index is 12.9. The Kier molecular flexibility index (Phi) is 6.22. The maximum absolute atomic E-state index is 12.9. The van der Waals surface area contributed by atoms with Gasteiger partial charge < -0.3 is 10.1 Å². The van der Waals surface area contributed by atoms with Crippen molar-refractivity contribution in [1.82, 2.24) is 5.32 Å². The molecule has 0 unspecified atom stereocenters. The Hall–Kier alpha value is -3.28. The van der Waals surface area contributed by atoms with Crippen molar-refractivity contribution >= 4 is 5.91 Å². The van der Waals surface area contributed by atoms with E-state index in [1.807, 2.05) is 42.5 Å². The minimum absolute atomic E-state index is 0.149. The number of nitrogens with one attached hydrogen (secondary N) is 1. The minimum atomic E-state index is -4.44. The monoisotopic (exact) mass is 399 g/mol. The molecule has 3 nitrogen and oxygen atoms in total. The largest absolute Gasteiger partial charge is 0.497 e. The van der Waals surface area contributed by atoms with Crippen LogP contribution in [0.4, 0.5) is 13.2 Å². The van der Waals surface area contributed by atoms with E-state index in [0.717, 1.165) is 23.3 Å². The molecule has 0 spiro atoms. The summed E-state index contributed by atoms with van der Waals surface area (Å²) in [6.45, 7) is 0. The maximum Gasteiger partial charge on any atom is 0.416 e. The fourth-order valence-electron chi connectivity index (χ4n) is 3.06. The first-order valence-electron chi connectivity index (χ1n) is 9.01. The normalized spacial score (nSPS) is 12.3. The summed E-state index contributed by atoms with van der Waals surface area (Å²) < 4.78 is 43.9. The molecule has 0 heterocycles. The molecule has 1 N–H and O–H groups in total. The number of amides is 1. The summed E-state index contributed by atoms with van der Waals surface area (Å²) in [4.78, 5) is 12.6. The average Bonchev–Trinajstić information content (AvgIpc) is 2.72. The van der Waals surface area contributed by atoms with Crippen LogP contribution in [0, 0.1) is 0 Å². The number of ether oxygens (including phenoxy) is 1. The van der Waals surface area contributed by atoms with Crippen molar-refractivity contribution in [2.45, 2.75) is 18.6 Å². The second kappa shape index (κ2) is 8.82. The quantitative estimate of drug-likeness (QED) is 0.622. The topological polar surface area (TPSA) is 38.3 Å². The lowest BCUT2D eigenvalue weighted by Crippen LogP contribution is -2.30. The third-order valence-electron chi connectivity index (χ3n) is 4.51. The third kappa shape index (κ3) is 5.38. The van der Waals surface area contributed by atoms with Crippen LogP contribution in [0.1, 0.15) is 28.3 Å². The second-order valence-electron chi connectivity index (χ2n) is 6.56. The molecular weight excluding hydrogens is 379 g/mol. The Balaban J connectivity index is 1.81. The Morgan fingerprint density at radius 3 is 2.21 bits per heavy atom. The number of alkyl halides is 3. The number of benzene rings is 3. The number of carbonyl (C=O) groups is 1. The fraction of sp³-hybridized carbons (Fsp3) is 0.174. The molecule has 3 aromatic rings. The van der Waals surface area contributed by atoms with E-state index in [1.54, 1.807) is 19.2 Å². The van der Waals surface area contributed by atoms with E-state index < -0.39 is 17.8 Å². The van der Waals surface area contributed by atoms with Crippen molar-refractivity contribution in [3.63, 3.8) is 0 Å². The van der Waals surface area contributed by atoms with E-state index in [2.05, 4.69) is 5.32 Å². The molecular formula is C23H20F3NO2. The van der Waals surface area contributed by atoms with Gasteiger partial charge in [-0.1, -0.05) is 60.7 Å². The van der Waals surface area contributed by atoms with Crippen LogP contribution in [-0.2, 0) is 17.4 Å². The van der Waals surface area contributed by atoms with Crippen molar-refractivity contribution in [3.05, 3.63) is 101 Å². The Bertz CT molecular complexity index is 954. The molecule has 0 aliphatic rings. The van der Waals surface area contributed by atoms with Gasteiger partial charge in [-0.25, -0.2) is 0 Å². The number of hydrogen-bond acceptors (Lipinski definition) is 2. The summed E-state index contributed by atoms with van der Waals surface area (Å²) in [6.07, 6.45) is -4.59. The van der Waals surface area contributed by atoms with Crippen molar-refractivity contribution in [2.24, 2.45) is 0 Å². The molecule has 150 valence electrons. The van der Waals surface area contributed by atoms with Crippen LogP contribution in [0.3, 0.4) is 0 Å². The van der Waals surface area contributed by atoms with Gasteiger partial charge in [-0.05, 0) is 34.9 Å². The van der Waals surface area contributed by atoms with Crippen LogP contribution in [0.5, 0.6) is 5.75 Å². The summed E-state index contributed by atoms with van der Waals surface area (Å²) in [5, 5.41) is 2.93. The van der Waals surface area contributed by atoms with Gasteiger partial charge >= 0.3 is 6.18 Å². The van der Waals surface area contributed by atoms with Crippen molar-refractivity contribution in [2.75, 3.05) is 7.11 Å². The highest BCUT2D eigenvalue weighted by Crippen LogP contribution is 2.30. The molecule has 1 atom stereocenters. The molecule has 0 radical (unpaired) electrons. The molecule has 0 aliphatic carbocycles. The van der Waals surface area contributed by atoms with Gasteiger partial charge in [0.1, 0.15) is 5.75 Å². The Labute approximate surface area is 167 Å². The van der Waals surface area contributed by atoms with Crippen LogP contribution in [0.15, 0.2) is 78.9 Å². The van der Waals surface area contributed by atoms with E-state index in [4.69, 9.17) is 4.74 Å². The van der Waals surface area contributed by atoms with Gasteiger partial charge in [0.2, 0.25) is 5.91 Å². The molecule has 0 aromatic heterocycles. The molecule has 6 heteroatoms. The van der Waals surface area contributed by atoms with Crippen LogP contribution in [0.2, 0.25) is 0 Å². The molecule has 3 rings (SSSR count). The molecule has 0 saturated carbocycles. The van der Waals surface area contributed by atoms with Gasteiger partial charge in [-0.15, -0.1) is 0 Å². The molecule has 3 aromatic carbocycles. The van der Waals surface area contributed by atoms with E-state index in [-0.39, 0.29) is 12.3 Å². The number of methoxy groups -OCH3 is 1. The van der Waals surface area contributed by atoms with Crippen LogP contribution in [-0.4, -0.2) is 13.0 Å². The van der Waals surface area contributed by atoms with Crippen molar-refractivity contribution in [3.8, 4) is 5.75 Å². The van der Waals surface area contributed by atoms with Crippen LogP contribution >= 0.6 is 0 Å². The zero-order valence-electron chi connectivity index (χ0n) is 15.7. The van der Waals surface area contributed by atoms with Gasteiger partial charge in [0, 0.05) is 0 Å². The average molecular weight is 399 g/mol. The highest BCUT2D eigenvalue weighted by Gasteiger charge is 2.30. The number of carbonyl (C=O) groups excluding carboxylic acids is 1. The highest BCUT2D eigenvalue weighted by atomic mass is 19.4. The second-order valence-corrected chi connectivity index (χ2v) is 6.56. The summed E-state index contributed by atoms with van der Waals surface area (Å²) >= 11 is 0. The highest BCUT2D eigenvalue weighted by molar-refractivity contribution is 5.79. The van der Waals surface area contributed by atoms with Gasteiger partial charge in [0.15, 0.2) is 0 Å².